The molecule has 2 nitrogen and oxygen atoms in total. The van der Waals surface area contributed by atoms with E-state index >= 15 is 0 Å². The van der Waals surface area contributed by atoms with Gasteiger partial charge in [-0.1, -0.05) is 6.58 Å². The second-order valence-electron chi connectivity index (χ2n) is 3.24. The number of nitrogens with zero attached hydrogens (tertiary/aromatic N) is 1. The lowest BCUT2D eigenvalue weighted by atomic mass is 10.2. The molecule has 1 aromatic heterocycles. The van der Waals surface area contributed by atoms with Crippen molar-refractivity contribution in [2.75, 3.05) is 0 Å². The number of rotatable bonds is 3. The van der Waals surface area contributed by atoms with E-state index in [4.69, 9.17) is 4.74 Å². The molecule has 0 aliphatic heterocycles. The van der Waals surface area contributed by atoms with Crippen molar-refractivity contribution in [1.29, 1.82) is 0 Å². The van der Waals surface area contributed by atoms with Gasteiger partial charge in [0, 0.05) is 0 Å². The quantitative estimate of drug-likeness (QED) is 0.708. The number of hydrogen-bond acceptors (Lipinski definition) is 2. The lowest BCUT2D eigenvalue weighted by molar-refractivity contribution is 0.241. The normalized spacial score (nSPS) is 10.2. The van der Waals surface area contributed by atoms with E-state index < -0.39 is 0 Å². The summed E-state index contributed by atoms with van der Waals surface area (Å²) in [7, 11) is 0. The standard InChI is InChI=1S/C11H15NO/c1-5-11-9(4)6-10(7-12-11)13-8(2)3/h5-8H,1H2,2-4H3. The second kappa shape index (κ2) is 4.08. The highest BCUT2D eigenvalue weighted by atomic mass is 16.5. The molecule has 0 atom stereocenters. The van der Waals surface area contributed by atoms with Crippen molar-refractivity contribution in [1.82, 2.24) is 4.98 Å². The number of aryl methyl sites for hydroxylation is 1. The predicted molar refractivity (Wildman–Crippen MR) is 54.8 cm³/mol. The van der Waals surface area contributed by atoms with E-state index in [1.807, 2.05) is 26.8 Å². The fourth-order valence-electron chi connectivity index (χ4n) is 1.11. The minimum absolute atomic E-state index is 0.191. The summed E-state index contributed by atoms with van der Waals surface area (Å²) in [4.78, 5) is 4.21. The summed E-state index contributed by atoms with van der Waals surface area (Å²) in [6.07, 6.45) is 3.66. The Balaban J connectivity index is 2.89. The van der Waals surface area contributed by atoms with Crippen LogP contribution in [0.25, 0.3) is 6.08 Å². The number of hydrogen-bond donors (Lipinski definition) is 0. The predicted octanol–water partition coefficient (Wildman–Crippen LogP) is 2.82. The lowest BCUT2D eigenvalue weighted by Crippen LogP contribution is -2.06. The molecular formula is C11H15NO. The van der Waals surface area contributed by atoms with Crippen LogP contribution >= 0.6 is 0 Å². The van der Waals surface area contributed by atoms with E-state index in [1.165, 1.54) is 0 Å². The van der Waals surface area contributed by atoms with Crippen molar-refractivity contribution >= 4 is 6.08 Å². The number of pyridine rings is 1. The van der Waals surface area contributed by atoms with E-state index in [0.29, 0.717) is 0 Å². The minimum Gasteiger partial charge on any atom is -0.489 e. The van der Waals surface area contributed by atoms with E-state index in [2.05, 4.69) is 11.6 Å². The average Bonchev–Trinajstić information content (AvgIpc) is 2.03. The van der Waals surface area contributed by atoms with Crippen LogP contribution in [-0.4, -0.2) is 11.1 Å². The van der Waals surface area contributed by atoms with Crippen LogP contribution in [0.3, 0.4) is 0 Å². The van der Waals surface area contributed by atoms with Gasteiger partial charge in [-0.25, -0.2) is 0 Å². The summed E-state index contributed by atoms with van der Waals surface area (Å²) in [6.45, 7) is 9.67. The van der Waals surface area contributed by atoms with E-state index in [9.17, 15) is 0 Å². The molecule has 1 heterocycles. The van der Waals surface area contributed by atoms with Crippen molar-refractivity contribution in [2.45, 2.75) is 26.9 Å². The van der Waals surface area contributed by atoms with Gasteiger partial charge in [0.15, 0.2) is 0 Å². The third kappa shape index (κ3) is 2.58. The molecule has 1 rings (SSSR count). The van der Waals surface area contributed by atoms with Gasteiger partial charge in [-0.2, -0.15) is 0 Å². The largest absolute Gasteiger partial charge is 0.489 e. The zero-order valence-electron chi connectivity index (χ0n) is 8.37. The Morgan fingerprint density at radius 3 is 2.69 bits per heavy atom. The molecule has 0 spiro atoms. The Morgan fingerprint density at radius 1 is 1.54 bits per heavy atom. The maximum atomic E-state index is 5.50. The Labute approximate surface area is 79.3 Å². The van der Waals surface area contributed by atoms with E-state index in [-0.39, 0.29) is 6.10 Å². The summed E-state index contributed by atoms with van der Waals surface area (Å²) in [5.74, 6) is 0.818. The topological polar surface area (TPSA) is 22.1 Å². The van der Waals surface area contributed by atoms with Gasteiger partial charge in [0.05, 0.1) is 18.0 Å². The average molecular weight is 177 g/mol. The molecule has 0 fully saturated rings. The maximum absolute atomic E-state index is 5.50. The summed E-state index contributed by atoms with van der Waals surface area (Å²) >= 11 is 0. The fourth-order valence-corrected chi connectivity index (χ4v) is 1.11. The minimum atomic E-state index is 0.191. The molecule has 0 saturated heterocycles. The summed E-state index contributed by atoms with van der Waals surface area (Å²) in [5.41, 5.74) is 2.00. The summed E-state index contributed by atoms with van der Waals surface area (Å²) in [5, 5.41) is 0. The molecule has 0 amide bonds. The van der Waals surface area contributed by atoms with Crippen molar-refractivity contribution in [3.8, 4) is 5.75 Å². The van der Waals surface area contributed by atoms with Gasteiger partial charge >= 0.3 is 0 Å². The maximum Gasteiger partial charge on any atom is 0.138 e. The monoisotopic (exact) mass is 177 g/mol. The number of ether oxygens (including phenoxy) is 1. The highest BCUT2D eigenvalue weighted by molar-refractivity contribution is 5.47. The fraction of sp³-hybridized carbons (Fsp3) is 0.364. The molecule has 0 aliphatic carbocycles. The SMILES string of the molecule is C=Cc1ncc(OC(C)C)cc1C. The molecule has 0 radical (unpaired) electrons. The van der Waals surface area contributed by atoms with Gasteiger partial charge < -0.3 is 4.74 Å². The van der Waals surface area contributed by atoms with Crippen LogP contribution in [0.4, 0.5) is 0 Å². The zero-order valence-corrected chi connectivity index (χ0v) is 8.37. The lowest BCUT2D eigenvalue weighted by Gasteiger charge is -2.10. The van der Waals surface area contributed by atoms with Crippen LogP contribution in [0.5, 0.6) is 5.75 Å². The van der Waals surface area contributed by atoms with Gasteiger partial charge in [-0.15, -0.1) is 0 Å². The third-order valence-electron chi connectivity index (χ3n) is 1.66. The second-order valence-corrected chi connectivity index (χ2v) is 3.24. The smallest absolute Gasteiger partial charge is 0.138 e. The summed E-state index contributed by atoms with van der Waals surface area (Å²) < 4.78 is 5.50. The molecule has 0 N–H and O–H groups in total. The van der Waals surface area contributed by atoms with Crippen molar-refractivity contribution in [3.63, 3.8) is 0 Å². The first-order chi connectivity index (χ1) is 6.13. The molecule has 70 valence electrons. The van der Waals surface area contributed by atoms with Crippen LogP contribution in [-0.2, 0) is 0 Å². The Morgan fingerprint density at radius 2 is 2.23 bits per heavy atom. The molecule has 0 aliphatic rings. The Bertz CT molecular complexity index is 305. The Kier molecular flexibility index (Phi) is 3.07. The molecule has 1 aromatic rings. The molecular weight excluding hydrogens is 162 g/mol. The number of aromatic nitrogens is 1. The van der Waals surface area contributed by atoms with Crippen molar-refractivity contribution in [2.24, 2.45) is 0 Å². The van der Waals surface area contributed by atoms with E-state index in [0.717, 1.165) is 17.0 Å². The zero-order chi connectivity index (χ0) is 9.84. The van der Waals surface area contributed by atoms with Crippen LogP contribution < -0.4 is 4.74 Å². The van der Waals surface area contributed by atoms with Crippen LogP contribution in [0.1, 0.15) is 25.1 Å². The first kappa shape index (κ1) is 9.78. The first-order valence-corrected chi connectivity index (χ1v) is 4.39. The van der Waals surface area contributed by atoms with E-state index in [1.54, 1.807) is 12.3 Å². The third-order valence-corrected chi connectivity index (χ3v) is 1.66. The molecule has 13 heavy (non-hydrogen) atoms. The van der Waals surface area contributed by atoms with Crippen molar-refractivity contribution in [3.05, 3.63) is 30.1 Å². The van der Waals surface area contributed by atoms with Gasteiger partial charge in [0.25, 0.3) is 0 Å². The van der Waals surface area contributed by atoms with Crippen LogP contribution in [0.15, 0.2) is 18.8 Å². The van der Waals surface area contributed by atoms with Gasteiger partial charge in [-0.05, 0) is 38.5 Å². The van der Waals surface area contributed by atoms with Gasteiger partial charge in [0.1, 0.15) is 5.75 Å². The Hall–Kier alpha value is -1.31. The van der Waals surface area contributed by atoms with Crippen molar-refractivity contribution < 1.29 is 4.74 Å². The molecule has 0 aromatic carbocycles. The summed E-state index contributed by atoms with van der Waals surface area (Å²) in [6, 6.07) is 1.98. The highest BCUT2D eigenvalue weighted by Crippen LogP contribution is 2.16. The molecule has 0 bridgehead atoms. The molecule has 0 unspecified atom stereocenters. The van der Waals surface area contributed by atoms with Gasteiger partial charge in [-0.3, -0.25) is 4.98 Å². The molecule has 0 saturated carbocycles. The molecule has 2 heteroatoms. The van der Waals surface area contributed by atoms with Crippen LogP contribution in [0.2, 0.25) is 0 Å². The first-order valence-electron chi connectivity index (χ1n) is 4.39. The highest BCUT2D eigenvalue weighted by Gasteiger charge is 2.00. The van der Waals surface area contributed by atoms with Crippen LogP contribution in [0, 0.1) is 6.92 Å². The van der Waals surface area contributed by atoms with Gasteiger partial charge in [0.2, 0.25) is 0 Å².